The molecule has 0 radical (unpaired) electrons. The van der Waals surface area contributed by atoms with E-state index in [2.05, 4.69) is 10.3 Å². The highest BCUT2D eigenvalue weighted by atomic mass is 35.5. The fourth-order valence-electron chi connectivity index (χ4n) is 3.52. The van der Waals surface area contributed by atoms with Crippen LogP contribution in [0.5, 0.6) is 0 Å². The van der Waals surface area contributed by atoms with Gasteiger partial charge >= 0.3 is 6.09 Å². The van der Waals surface area contributed by atoms with Crippen LogP contribution in [0.15, 0.2) is 42.6 Å². The van der Waals surface area contributed by atoms with Gasteiger partial charge in [0.05, 0.1) is 18.2 Å². The zero-order valence-electron chi connectivity index (χ0n) is 15.3. The average Bonchev–Trinajstić information content (AvgIpc) is 3.36. The molecule has 0 aliphatic carbocycles. The zero-order chi connectivity index (χ0) is 19.5. The Labute approximate surface area is 168 Å². The first kappa shape index (κ1) is 18.6. The van der Waals surface area contributed by atoms with Crippen molar-refractivity contribution in [3.8, 4) is 0 Å². The number of anilines is 1. The molecule has 3 heterocycles. The van der Waals surface area contributed by atoms with E-state index in [1.807, 2.05) is 24.3 Å². The number of nitrogens with zero attached hydrogens (tertiary/aromatic N) is 3. The lowest BCUT2D eigenvalue weighted by atomic mass is 10.2. The molecule has 0 saturated carbocycles. The number of ether oxygens (including phenoxy) is 1. The highest BCUT2D eigenvalue weighted by molar-refractivity contribution is 6.30. The second kappa shape index (κ2) is 8.06. The van der Waals surface area contributed by atoms with E-state index in [-0.39, 0.29) is 18.0 Å². The Kier molecular flexibility index (Phi) is 5.34. The van der Waals surface area contributed by atoms with E-state index in [1.54, 1.807) is 28.1 Å². The number of rotatable bonds is 5. The van der Waals surface area contributed by atoms with Gasteiger partial charge < -0.3 is 15.0 Å². The molecule has 2 fully saturated rings. The van der Waals surface area contributed by atoms with Crippen molar-refractivity contribution in [3.05, 3.63) is 58.7 Å². The van der Waals surface area contributed by atoms with Crippen LogP contribution >= 0.6 is 11.6 Å². The highest BCUT2D eigenvalue weighted by Gasteiger charge is 2.36. The molecule has 8 heteroatoms. The second-order valence-corrected chi connectivity index (χ2v) is 7.35. The molecule has 0 bridgehead atoms. The van der Waals surface area contributed by atoms with Crippen LogP contribution in [0, 0.1) is 0 Å². The Morgan fingerprint density at radius 1 is 1.21 bits per heavy atom. The maximum absolute atomic E-state index is 12.7. The van der Waals surface area contributed by atoms with Crippen molar-refractivity contribution in [3.63, 3.8) is 0 Å². The van der Waals surface area contributed by atoms with E-state index >= 15 is 0 Å². The topological polar surface area (TPSA) is 74.8 Å². The normalized spacial score (nSPS) is 19.0. The van der Waals surface area contributed by atoms with E-state index in [0.717, 1.165) is 12.0 Å². The van der Waals surface area contributed by atoms with Gasteiger partial charge in [-0.15, -0.1) is 0 Å². The SMILES string of the molecule is O=C(c1ccc(NCc2ccc(Cl)cc2)nc1)N1CC[C@H](N2CCOC2=O)C1. The van der Waals surface area contributed by atoms with Gasteiger partial charge in [0.25, 0.3) is 5.91 Å². The predicted octanol–water partition coefficient (Wildman–Crippen LogP) is 3.01. The maximum atomic E-state index is 12.7. The van der Waals surface area contributed by atoms with Gasteiger partial charge in [-0.3, -0.25) is 9.69 Å². The highest BCUT2D eigenvalue weighted by Crippen LogP contribution is 2.21. The Morgan fingerprint density at radius 2 is 2.04 bits per heavy atom. The molecule has 146 valence electrons. The minimum atomic E-state index is -0.280. The molecule has 7 nitrogen and oxygen atoms in total. The van der Waals surface area contributed by atoms with Crippen molar-refractivity contribution in [2.24, 2.45) is 0 Å². The molecule has 1 aromatic heterocycles. The number of hydrogen-bond donors (Lipinski definition) is 1. The van der Waals surface area contributed by atoms with E-state index in [0.29, 0.717) is 49.2 Å². The van der Waals surface area contributed by atoms with Crippen molar-refractivity contribution < 1.29 is 14.3 Å². The van der Waals surface area contributed by atoms with Gasteiger partial charge in [0.2, 0.25) is 0 Å². The number of amides is 2. The quantitative estimate of drug-likeness (QED) is 0.835. The summed E-state index contributed by atoms with van der Waals surface area (Å²) in [6.45, 7) is 2.81. The molecule has 2 amide bonds. The van der Waals surface area contributed by atoms with Crippen molar-refractivity contribution >= 4 is 29.4 Å². The Balaban J connectivity index is 1.32. The van der Waals surface area contributed by atoms with E-state index in [9.17, 15) is 9.59 Å². The van der Waals surface area contributed by atoms with Crippen LogP contribution in [0.2, 0.25) is 5.02 Å². The molecule has 2 aliphatic rings. The molecule has 2 aromatic rings. The van der Waals surface area contributed by atoms with Gasteiger partial charge in [0.1, 0.15) is 12.4 Å². The fraction of sp³-hybridized carbons (Fsp3) is 0.350. The molecule has 1 N–H and O–H groups in total. The summed E-state index contributed by atoms with van der Waals surface area (Å²) in [5, 5.41) is 3.93. The van der Waals surface area contributed by atoms with Crippen molar-refractivity contribution in [1.82, 2.24) is 14.8 Å². The third-order valence-electron chi connectivity index (χ3n) is 5.08. The number of pyridine rings is 1. The van der Waals surface area contributed by atoms with Crippen LogP contribution in [-0.4, -0.2) is 59.1 Å². The average molecular weight is 401 g/mol. The Hall–Kier alpha value is -2.80. The summed E-state index contributed by atoms with van der Waals surface area (Å²) in [7, 11) is 0. The van der Waals surface area contributed by atoms with Gasteiger partial charge in [0, 0.05) is 30.9 Å². The smallest absolute Gasteiger partial charge is 0.410 e. The number of cyclic esters (lactones) is 1. The van der Waals surface area contributed by atoms with E-state index < -0.39 is 0 Å². The largest absolute Gasteiger partial charge is 0.448 e. The first-order chi connectivity index (χ1) is 13.6. The second-order valence-electron chi connectivity index (χ2n) is 6.91. The van der Waals surface area contributed by atoms with Gasteiger partial charge in [0.15, 0.2) is 0 Å². The van der Waals surface area contributed by atoms with Gasteiger partial charge in [-0.2, -0.15) is 0 Å². The van der Waals surface area contributed by atoms with Crippen molar-refractivity contribution in [2.45, 2.75) is 19.0 Å². The number of benzene rings is 1. The van der Waals surface area contributed by atoms with E-state index in [4.69, 9.17) is 16.3 Å². The number of likely N-dealkylation sites (tertiary alicyclic amines) is 1. The number of carbonyl (C=O) groups is 2. The zero-order valence-corrected chi connectivity index (χ0v) is 16.1. The lowest BCUT2D eigenvalue weighted by Crippen LogP contribution is -2.39. The lowest BCUT2D eigenvalue weighted by molar-refractivity contribution is 0.0779. The molecule has 1 aromatic carbocycles. The van der Waals surface area contributed by atoms with Crippen LogP contribution in [0.25, 0.3) is 0 Å². The number of carbonyl (C=O) groups excluding carboxylic acids is 2. The van der Waals surface area contributed by atoms with Gasteiger partial charge in [-0.25, -0.2) is 9.78 Å². The molecule has 28 heavy (non-hydrogen) atoms. The van der Waals surface area contributed by atoms with Crippen LogP contribution in [0.3, 0.4) is 0 Å². The van der Waals surface area contributed by atoms with Gasteiger partial charge in [-0.1, -0.05) is 23.7 Å². The third kappa shape index (κ3) is 4.04. The summed E-state index contributed by atoms with van der Waals surface area (Å²) in [6.07, 6.45) is 2.08. The summed E-state index contributed by atoms with van der Waals surface area (Å²) in [4.78, 5) is 32.3. The predicted molar refractivity (Wildman–Crippen MR) is 105 cm³/mol. The fourth-order valence-corrected chi connectivity index (χ4v) is 3.65. The summed E-state index contributed by atoms with van der Waals surface area (Å²) >= 11 is 5.89. The lowest BCUT2D eigenvalue weighted by Gasteiger charge is -2.21. The molecular weight excluding hydrogens is 380 g/mol. The summed E-state index contributed by atoms with van der Waals surface area (Å²) in [5.74, 6) is 0.637. The third-order valence-corrected chi connectivity index (χ3v) is 5.33. The molecule has 2 saturated heterocycles. The minimum Gasteiger partial charge on any atom is -0.448 e. The van der Waals surface area contributed by atoms with Crippen LogP contribution in [0.1, 0.15) is 22.3 Å². The number of hydrogen-bond acceptors (Lipinski definition) is 5. The molecular formula is C20H21ClN4O3. The van der Waals surface area contributed by atoms with Crippen LogP contribution < -0.4 is 5.32 Å². The standard InChI is InChI=1S/C20H21ClN4O3/c21-16-4-1-14(2-5-16)11-22-18-6-3-15(12-23-18)19(26)24-8-7-17(13-24)25-9-10-28-20(25)27/h1-6,12,17H,7-11,13H2,(H,22,23)/t17-/m0/s1. The number of aromatic nitrogens is 1. The van der Waals surface area contributed by atoms with Gasteiger partial charge in [-0.05, 0) is 36.2 Å². The summed E-state index contributed by atoms with van der Waals surface area (Å²) in [5.41, 5.74) is 1.64. The monoisotopic (exact) mass is 400 g/mol. The molecule has 0 unspecified atom stereocenters. The summed E-state index contributed by atoms with van der Waals surface area (Å²) in [6, 6.07) is 11.2. The molecule has 1 atom stereocenters. The minimum absolute atomic E-state index is 0.0345. The molecule has 4 rings (SSSR count). The Bertz CT molecular complexity index is 857. The van der Waals surface area contributed by atoms with E-state index in [1.165, 1.54) is 0 Å². The number of nitrogens with one attached hydrogen (secondary N) is 1. The summed E-state index contributed by atoms with van der Waals surface area (Å²) < 4.78 is 4.99. The van der Waals surface area contributed by atoms with Crippen molar-refractivity contribution in [2.75, 3.05) is 31.6 Å². The van der Waals surface area contributed by atoms with Crippen molar-refractivity contribution in [1.29, 1.82) is 0 Å². The first-order valence-corrected chi connectivity index (χ1v) is 9.65. The first-order valence-electron chi connectivity index (χ1n) is 9.27. The Morgan fingerprint density at radius 3 is 2.71 bits per heavy atom. The maximum Gasteiger partial charge on any atom is 0.410 e. The van der Waals surface area contributed by atoms with Crippen LogP contribution in [-0.2, 0) is 11.3 Å². The number of halogens is 1. The molecule has 0 spiro atoms. The molecule has 2 aliphatic heterocycles. The van der Waals surface area contributed by atoms with Crippen LogP contribution in [0.4, 0.5) is 10.6 Å².